The SMILES string of the molecule is Cc1cccc(CC(N)c2ccnn2-c2ccccc2)c1. The van der Waals surface area contributed by atoms with Gasteiger partial charge in [-0.15, -0.1) is 0 Å². The highest BCUT2D eigenvalue weighted by Crippen LogP contribution is 2.19. The highest BCUT2D eigenvalue weighted by Gasteiger charge is 2.13. The van der Waals surface area contributed by atoms with Crippen LogP contribution in [-0.2, 0) is 6.42 Å². The maximum Gasteiger partial charge on any atom is 0.0649 e. The Balaban J connectivity index is 1.86. The molecule has 0 saturated heterocycles. The molecular weight excluding hydrogens is 258 g/mol. The number of hydrogen-bond acceptors (Lipinski definition) is 2. The molecule has 2 N–H and O–H groups in total. The predicted molar refractivity (Wildman–Crippen MR) is 85.4 cm³/mol. The van der Waals surface area contributed by atoms with Crippen molar-refractivity contribution in [2.75, 3.05) is 0 Å². The van der Waals surface area contributed by atoms with Gasteiger partial charge in [-0.05, 0) is 37.1 Å². The highest BCUT2D eigenvalue weighted by molar-refractivity contribution is 5.33. The minimum Gasteiger partial charge on any atom is -0.322 e. The van der Waals surface area contributed by atoms with Crippen LogP contribution in [0.5, 0.6) is 0 Å². The van der Waals surface area contributed by atoms with E-state index >= 15 is 0 Å². The van der Waals surface area contributed by atoms with Crippen molar-refractivity contribution in [3.63, 3.8) is 0 Å². The average Bonchev–Trinajstić information content (AvgIpc) is 2.98. The van der Waals surface area contributed by atoms with Crippen molar-refractivity contribution in [2.45, 2.75) is 19.4 Å². The Morgan fingerprint density at radius 2 is 1.86 bits per heavy atom. The van der Waals surface area contributed by atoms with E-state index in [4.69, 9.17) is 5.73 Å². The van der Waals surface area contributed by atoms with Crippen molar-refractivity contribution in [1.82, 2.24) is 9.78 Å². The lowest BCUT2D eigenvalue weighted by atomic mass is 10.0. The number of benzene rings is 2. The molecule has 0 aliphatic carbocycles. The van der Waals surface area contributed by atoms with Gasteiger partial charge in [0.15, 0.2) is 0 Å². The monoisotopic (exact) mass is 277 g/mol. The molecule has 1 aromatic heterocycles. The summed E-state index contributed by atoms with van der Waals surface area (Å²) in [7, 11) is 0. The van der Waals surface area contributed by atoms with Gasteiger partial charge in [0.2, 0.25) is 0 Å². The topological polar surface area (TPSA) is 43.8 Å². The van der Waals surface area contributed by atoms with Gasteiger partial charge in [-0.2, -0.15) is 5.10 Å². The van der Waals surface area contributed by atoms with Crippen molar-refractivity contribution < 1.29 is 0 Å². The van der Waals surface area contributed by atoms with Gasteiger partial charge in [0, 0.05) is 6.20 Å². The van der Waals surface area contributed by atoms with E-state index in [-0.39, 0.29) is 6.04 Å². The van der Waals surface area contributed by atoms with E-state index in [2.05, 4.69) is 36.3 Å². The summed E-state index contributed by atoms with van der Waals surface area (Å²) in [6, 6.07) is 20.5. The molecular formula is C18H19N3. The smallest absolute Gasteiger partial charge is 0.0649 e. The number of aryl methyl sites for hydroxylation is 1. The summed E-state index contributed by atoms with van der Waals surface area (Å²) in [5.41, 5.74) is 11.0. The normalized spacial score (nSPS) is 12.3. The summed E-state index contributed by atoms with van der Waals surface area (Å²) in [4.78, 5) is 0. The van der Waals surface area contributed by atoms with Gasteiger partial charge < -0.3 is 5.73 Å². The molecule has 1 unspecified atom stereocenters. The van der Waals surface area contributed by atoms with Crippen LogP contribution >= 0.6 is 0 Å². The van der Waals surface area contributed by atoms with Gasteiger partial charge in [0.25, 0.3) is 0 Å². The molecule has 21 heavy (non-hydrogen) atoms. The maximum atomic E-state index is 6.40. The van der Waals surface area contributed by atoms with E-state index < -0.39 is 0 Å². The molecule has 0 amide bonds. The molecule has 1 heterocycles. The van der Waals surface area contributed by atoms with Gasteiger partial charge >= 0.3 is 0 Å². The molecule has 3 heteroatoms. The third-order valence-electron chi connectivity index (χ3n) is 3.59. The van der Waals surface area contributed by atoms with E-state index in [9.17, 15) is 0 Å². The molecule has 3 aromatic rings. The number of rotatable bonds is 4. The first-order valence-corrected chi connectivity index (χ1v) is 7.14. The summed E-state index contributed by atoms with van der Waals surface area (Å²) in [6.07, 6.45) is 2.61. The van der Waals surface area contributed by atoms with Crippen molar-refractivity contribution in [2.24, 2.45) is 5.73 Å². The molecule has 0 aliphatic rings. The zero-order valence-corrected chi connectivity index (χ0v) is 12.1. The van der Waals surface area contributed by atoms with E-state index in [0.29, 0.717) is 0 Å². The molecule has 0 radical (unpaired) electrons. The molecule has 0 bridgehead atoms. The van der Waals surface area contributed by atoms with Crippen LogP contribution in [0.25, 0.3) is 5.69 Å². The molecule has 1 atom stereocenters. The predicted octanol–water partition coefficient (Wildman–Crippen LogP) is 3.42. The van der Waals surface area contributed by atoms with Crippen molar-refractivity contribution in [1.29, 1.82) is 0 Å². The van der Waals surface area contributed by atoms with Gasteiger partial charge in [-0.3, -0.25) is 0 Å². The lowest BCUT2D eigenvalue weighted by Crippen LogP contribution is -2.17. The number of para-hydroxylation sites is 1. The van der Waals surface area contributed by atoms with Crippen LogP contribution in [0.2, 0.25) is 0 Å². The van der Waals surface area contributed by atoms with Crippen LogP contribution in [0.1, 0.15) is 22.9 Å². The van der Waals surface area contributed by atoms with E-state index in [0.717, 1.165) is 17.8 Å². The Labute approximate surface area is 125 Å². The maximum absolute atomic E-state index is 6.40. The van der Waals surface area contributed by atoms with E-state index in [1.807, 2.05) is 41.1 Å². The number of hydrogen-bond donors (Lipinski definition) is 1. The molecule has 2 aromatic carbocycles. The summed E-state index contributed by atoms with van der Waals surface area (Å²) in [6.45, 7) is 2.10. The van der Waals surface area contributed by atoms with E-state index in [1.165, 1.54) is 11.1 Å². The molecule has 0 fully saturated rings. The minimum absolute atomic E-state index is 0.0745. The summed E-state index contributed by atoms with van der Waals surface area (Å²) in [5, 5.41) is 4.40. The quantitative estimate of drug-likeness (QED) is 0.794. The Morgan fingerprint density at radius 1 is 1.05 bits per heavy atom. The summed E-state index contributed by atoms with van der Waals surface area (Å²) >= 11 is 0. The van der Waals surface area contributed by atoms with Gasteiger partial charge in [-0.1, -0.05) is 48.0 Å². The largest absolute Gasteiger partial charge is 0.322 e. The second-order valence-electron chi connectivity index (χ2n) is 5.30. The van der Waals surface area contributed by atoms with Crippen LogP contribution < -0.4 is 5.73 Å². The lowest BCUT2D eigenvalue weighted by molar-refractivity contribution is 0.654. The average molecular weight is 277 g/mol. The number of aromatic nitrogens is 2. The molecule has 106 valence electrons. The van der Waals surface area contributed by atoms with Crippen molar-refractivity contribution >= 4 is 0 Å². The Hall–Kier alpha value is -2.39. The first-order chi connectivity index (χ1) is 10.2. The van der Waals surface area contributed by atoms with Crippen molar-refractivity contribution in [3.05, 3.63) is 83.7 Å². The number of nitrogens with zero attached hydrogens (tertiary/aromatic N) is 2. The second kappa shape index (κ2) is 5.94. The Morgan fingerprint density at radius 3 is 2.62 bits per heavy atom. The summed E-state index contributed by atoms with van der Waals surface area (Å²) in [5.74, 6) is 0. The third kappa shape index (κ3) is 3.03. The third-order valence-corrected chi connectivity index (χ3v) is 3.59. The van der Waals surface area contributed by atoms with Crippen LogP contribution in [0.15, 0.2) is 66.9 Å². The van der Waals surface area contributed by atoms with E-state index in [1.54, 1.807) is 6.20 Å². The van der Waals surface area contributed by atoms with Crippen LogP contribution in [0, 0.1) is 6.92 Å². The molecule has 3 rings (SSSR count). The standard InChI is InChI=1S/C18H19N3/c1-14-6-5-7-15(12-14)13-17(19)18-10-11-20-21(18)16-8-3-2-4-9-16/h2-12,17H,13,19H2,1H3. The number of nitrogens with two attached hydrogens (primary N) is 1. The lowest BCUT2D eigenvalue weighted by Gasteiger charge is -2.15. The van der Waals surface area contributed by atoms with Gasteiger partial charge in [-0.25, -0.2) is 4.68 Å². The fourth-order valence-electron chi connectivity index (χ4n) is 2.58. The first kappa shape index (κ1) is 13.6. The molecule has 3 nitrogen and oxygen atoms in total. The fourth-order valence-corrected chi connectivity index (χ4v) is 2.58. The molecule has 0 spiro atoms. The second-order valence-corrected chi connectivity index (χ2v) is 5.30. The highest BCUT2D eigenvalue weighted by atomic mass is 15.3. The van der Waals surface area contributed by atoms with Gasteiger partial charge in [0.1, 0.15) is 0 Å². The minimum atomic E-state index is -0.0745. The summed E-state index contributed by atoms with van der Waals surface area (Å²) < 4.78 is 1.92. The molecule has 0 saturated carbocycles. The fraction of sp³-hybridized carbons (Fsp3) is 0.167. The van der Waals surface area contributed by atoms with Crippen molar-refractivity contribution in [3.8, 4) is 5.69 Å². The Kier molecular flexibility index (Phi) is 3.84. The zero-order valence-electron chi connectivity index (χ0n) is 12.1. The van der Waals surface area contributed by atoms with Crippen LogP contribution in [0.3, 0.4) is 0 Å². The van der Waals surface area contributed by atoms with Gasteiger partial charge in [0.05, 0.1) is 17.4 Å². The van der Waals surface area contributed by atoms with Crippen LogP contribution in [0.4, 0.5) is 0 Å². The Bertz CT molecular complexity index is 716. The van der Waals surface area contributed by atoms with Crippen LogP contribution in [-0.4, -0.2) is 9.78 Å². The molecule has 0 aliphatic heterocycles. The zero-order chi connectivity index (χ0) is 14.7. The first-order valence-electron chi connectivity index (χ1n) is 7.14.